The van der Waals surface area contributed by atoms with E-state index in [0.29, 0.717) is 6.42 Å². The van der Waals surface area contributed by atoms with Crippen LogP contribution in [-0.2, 0) is 11.2 Å². The third-order valence-corrected chi connectivity index (χ3v) is 4.64. The summed E-state index contributed by atoms with van der Waals surface area (Å²) in [5, 5.41) is 4.46. The first-order chi connectivity index (χ1) is 12.3. The molecular formula is C22H26N2O. The third kappa shape index (κ3) is 4.50. The molecule has 3 aromatic rings. The van der Waals surface area contributed by atoms with Gasteiger partial charge in [0.15, 0.2) is 0 Å². The first-order valence-corrected chi connectivity index (χ1v) is 9.17. The van der Waals surface area contributed by atoms with Gasteiger partial charge in [0.05, 0.1) is 6.04 Å². The number of aromatic nitrogens is 1. The summed E-state index contributed by atoms with van der Waals surface area (Å²) in [5.74, 6) is 0.141. The molecule has 0 spiro atoms. The Balaban J connectivity index is 1.53. The summed E-state index contributed by atoms with van der Waals surface area (Å²) in [6.07, 6.45) is 6.43. The lowest BCUT2D eigenvalue weighted by atomic mass is 10.0. The minimum absolute atomic E-state index is 0.117. The van der Waals surface area contributed by atoms with Gasteiger partial charge in [0, 0.05) is 23.5 Å². The van der Waals surface area contributed by atoms with Crippen LogP contribution in [0.25, 0.3) is 10.9 Å². The number of rotatable bonds is 8. The molecule has 0 bridgehead atoms. The Morgan fingerprint density at radius 2 is 1.84 bits per heavy atom. The van der Waals surface area contributed by atoms with Gasteiger partial charge in [0.1, 0.15) is 0 Å². The molecule has 1 heterocycles. The van der Waals surface area contributed by atoms with E-state index in [1.54, 1.807) is 0 Å². The summed E-state index contributed by atoms with van der Waals surface area (Å²) in [5.41, 5.74) is 3.64. The standard InChI is InChI=1S/C22H26N2O/c1-2-9-20(17-10-4-3-5-11-17)24-22(25)15-8-12-18-16-23-21-14-7-6-13-19(18)21/h3-7,10-11,13-14,16,20,23H,2,8-9,12,15H2,1H3,(H,24,25). The highest BCUT2D eigenvalue weighted by atomic mass is 16.1. The van der Waals surface area contributed by atoms with Gasteiger partial charge in [-0.3, -0.25) is 4.79 Å². The Hall–Kier alpha value is -2.55. The number of hydrogen-bond donors (Lipinski definition) is 2. The lowest BCUT2D eigenvalue weighted by Gasteiger charge is -2.18. The Labute approximate surface area is 149 Å². The van der Waals surface area contributed by atoms with E-state index in [9.17, 15) is 4.79 Å². The van der Waals surface area contributed by atoms with Gasteiger partial charge >= 0.3 is 0 Å². The van der Waals surface area contributed by atoms with Gasteiger partial charge in [-0.15, -0.1) is 0 Å². The fourth-order valence-electron chi connectivity index (χ4n) is 3.34. The van der Waals surface area contributed by atoms with Crippen molar-refractivity contribution in [1.29, 1.82) is 0 Å². The molecule has 3 rings (SSSR count). The minimum atomic E-state index is 0.117. The Bertz CT molecular complexity index is 807. The number of hydrogen-bond acceptors (Lipinski definition) is 1. The lowest BCUT2D eigenvalue weighted by molar-refractivity contribution is -0.122. The highest BCUT2D eigenvalue weighted by Gasteiger charge is 2.13. The van der Waals surface area contributed by atoms with Crippen LogP contribution < -0.4 is 5.32 Å². The number of carbonyl (C=O) groups excluding carboxylic acids is 1. The molecule has 130 valence electrons. The van der Waals surface area contributed by atoms with Crippen LogP contribution >= 0.6 is 0 Å². The second kappa shape index (κ2) is 8.52. The SMILES string of the molecule is CCCC(NC(=O)CCCc1c[nH]c2ccccc12)c1ccccc1. The lowest BCUT2D eigenvalue weighted by Crippen LogP contribution is -2.28. The molecular weight excluding hydrogens is 308 g/mol. The number of para-hydroxylation sites is 1. The average molecular weight is 334 g/mol. The average Bonchev–Trinajstić information content (AvgIpc) is 3.05. The number of fused-ring (bicyclic) bond motifs is 1. The predicted molar refractivity (Wildman–Crippen MR) is 103 cm³/mol. The number of aromatic amines is 1. The zero-order valence-electron chi connectivity index (χ0n) is 14.8. The Kier molecular flexibility index (Phi) is 5.89. The predicted octanol–water partition coefficient (Wildman–Crippen LogP) is 5.15. The van der Waals surface area contributed by atoms with E-state index in [0.717, 1.165) is 31.2 Å². The fourth-order valence-corrected chi connectivity index (χ4v) is 3.34. The first-order valence-electron chi connectivity index (χ1n) is 9.17. The summed E-state index contributed by atoms with van der Waals surface area (Å²) in [4.78, 5) is 15.7. The Morgan fingerprint density at radius 1 is 1.08 bits per heavy atom. The zero-order valence-corrected chi connectivity index (χ0v) is 14.8. The van der Waals surface area contributed by atoms with Crippen LogP contribution in [0.1, 0.15) is 49.8 Å². The molecule has 0 aliphatic carbocycles. The maximum absolute atomic E-state index is 12.4. The van der Waals surface area contributed by atoms with Crippen LogP contribution in [0.15, 0.2) is 60.8 Å². The van der Waals surface area contributed by atoms with E-state index in [4.69, 9.17) is 0 Å². The normalized spacial score (nSPS) is 12.2. The molecule has 0 radical (unpaired) electrons. The van der Waals surface area contributed by atoms with E-state index in [2.05, 4.69) is 53.8 Å². The van der Waals surface area contributed by atoms with Crippen molar-refractivity contribution < 1.29 is 4.79 Å². The molecule has 1 aromatic heterocycles. The molecule has 25 heavy (non-hydrogen) atoms. The third-order valence-electron chi connectivity index (χ3n) is 4.64. The summed E-state index contributed by atoms with van der Waals surface area (Å²) in [7, 11) is 0. The van der Waals surface area contributed by atoms with Crippen LogP contribution in [0.2, 0.25) is 0 Å². The molecule has 2 N–H and O–H groups in total. The molecule has 1 amide bonds. The van der Waals surface area contributed by atoms with E-state index >= 15 is 0 Å². The van der Waals surface area contributed by atoms with E-state index < -0.39 is 0 Å². The first kappa shape index (κ1) is 17.3. The molecule has 3 nitrogen and oxygen atoms in total. The number of amides is 1. The van der Waals surface area contributed by atoms with E-state index in [-0.39, 0.29) is 11.9 Å². The van der Waals surface area contributed by atoms with Crippen LogP contribution in [-0.4, -0.2) is 10.9 Å². The van der Waals surface area contributed by atoms with Gasteiger partial charge in [-0.25, -0.2) is 0 Å². The quantitative estimate of drug-likeness (QED) is 0.588. The largest absolute Gasteiger partial charge is 0.361 e. The van der Waals surface area contributed by atoms with Gasteiger partial charge in [0.2, 0.25) is 5.91 Å². The number of H-pyrrole nitrogens is 1. The molecule has 0 fully saturated rings. The van der Waals surface area contributed by atoms with Crippen molar-refractivity contribution in [3.8, 4) is 0 Å². The fraction of sp³-hybridized carbons (Fsp3) is 0.318. The summed E-state index contributed by atoms with van der Waals surface area (Å²) < 4.78 is 0. The van der Waals surface area contributed by atoms with Crippen LogP contribution in [0.5, 0.6) is 0 Å². The Morgan fingerprint density at radius 3 is 2.64 bits per heavy atom. The smallest absolute Gasteiger partial charge is 0.220 e. The second-order valence-corrected chi connectivity index (χ2v) is 6.53. The van der Waals surface area contributed by atoms with Crippen molar-refractivity contribution in [1.82, 2.24) is 10.3 Å². The van der Waals surface area contributed by atoms with Crippen molar-refractivity contribution in [3.05, 3.63) is 71.9 Å². The van der Waals surface area contributed by atoms with Gasteiger partial charge in [0.25, 0.3) is 0 Å². The topological polar surface area (TPSA) is 44.9 Å². The zero-order chi connectivity index (χ0) is 17.5. The molecule has 1 unspecified atom stereocenters. The molecule has 0 aliphatic heterocycles. The summed E-state index contributed by atoms with van der Waals surface area (Å²) >= 11 is 0. The van der Waals surface area contributed by atoms with Gasteiger partial charge in [-0.05, 0) is 36.5 Å². The number of aryl methyl sites for hydroxylation is 1. The molecule has 1 atom stereocenters. The number of nitrogens with one attached hydrogen (secondary N) is 2. The monoisotopic (exact) mass is 334 g/mol. The van der Waals surface area contributed by atoms with Crippen molar-refractivity contribution in [3.63, 3.8) is 0 Å². The van der Waals surface area contributed by atoms with Crippen molar-refractivity contribution >= 4 is 16.8 Å². The highest BCUT2D eigenvalue weighted by Crippen LogP contribution is 2.21. The van der Waals surface area contributed by atoms with Gasteiger partial charge in [-0.1, -0.05) is 61.9 Å². The molecule has 0 saturated carbocycles. The van der Waals surface area contributed by atoms with Crippen molar-refractivity contribution in [2.45, 2.75) is 45.1 Å². The second-order valence-electron chi connectivity index (χ2n) is 6.53. The minimum Gasteiger partial charge on any atom is -0.361 e. The summed E-state index contributed by atoms with van der Waals surface area (Å²) in [6.45, 7) is 2.15. The number of carbonyl (C=O) groups is 1. The van der Waals surface area contributed by atoms with E-state index in [1.807, 2.05) is 24.3 Å². The van der Waals surface area contributed by atoms with Gasteiger partial charge in [-0.2, -0.15) is 0 Å². The van der Waals surface area contributed by atoms with Crippen LogP contribution in [0.3, 0.4) is 0 Å². The molecule has 3 heteroatoms. The number of benzene rings is 2. The van der Waals surface area contributed by atoms with Crippen molar-refractivity contribution in [2.24, 2.45) is 0 Å². The van der Waals surface area contributed by atoms with Crippen LogP contribution in [0, 0.1) is 0 Å². The molecule has 2 aromatic carbocycles. The van der Waals surface area contributed by atoms with E-state index in [1.165, 1.54) is 16.5 Å². The molecule has 0 aliphatic rings. The summed E-state index contributed by atoms with van der Waals surface area (Å²) in [6, 6.07) is 18.7. The maximum Gasteiger partial charge on any atom is 0.220 e. The molecule has 0 saturated heterocycles. The highest BCUT2D eigenvalue weighted by molar-refractivity contribution is 5.83. The van der Waals surface area contributed by atoms with Crippen molar-refractivity contribution in [2.75, 3.05) is 0 Å². The van der Waals surface area contributed by atoms with Gasteiger partial charge < -0.3 is 10.3 Å². The maximum atomic E-state index is 12.4. The van der Waals surface area contributed by atoms with Crippen LogP contribution in [0.4, 0.5) is 0 Å².